The molecule has 0 atom stereocenters. The number of rotatable bonds is 1. The van der Waals surface area contributed by atoms with Gasteiger partial charge in [-0.1, -0.05) is 11.8 Å². The second-order valence-electron chi connectivity index (χ2n) is 2.54. The van der Waals surface area contributed by atoms with Gasteiger partial charge in [-0.2, -0.15) is 0 Å². The molecular weight excluding hydrogens is 202 g/mol. The lowest BCUT2D eigenvalue weighted by Crippen LogP contribution is -2.02. The average Bonchev–Trinajstić information content (AvgIpc) is 2.14. The average molecular weight is 210 g/mol. The van der Waals surface area contributed by atoms with Gasteiger partial charge >= 0.3 is 5.97 Å². The van der Waals surface area contributed by atoms with Crippen LogP contribution in [-0.2, 0) is 0 Å². The van der Waals surface area contributed by atoms with Gasteiger partial charge in [-0.05, 0) is 18.2 Å². The van der Waals surface area contributed by atoms with E-state index in [1.165, 1.54) is 12.1 Å². The van der Waals surface area contributed by atoms with Crippen LogP contribution in [0.15, 0.2) is 18.2 Å². The standard InChI is InChI=1S/C10H8ClNO2/c11-5-1-2-7-3-4-8(10(13)14)9(12)6-7/h3-4,6H,5,12H2,(H,13,14). The first-order valence-electron chi connectivity index (χ1n) is 3.83. The Balaban J connectivity index is 3.06. The van der Waals surface area contributed by atoms with E-state index in [-0.39, 0.29) is 17.1 Å². The number of halogens is 1. The molecular formula is C10H8ClNO2. The number of aromatic carboxylic acids is 1. The van der Waals surface area contributed by atoms with Crippen molar-refractivity contribution in [1.29, 1.82) is 0 Å². The highest BCUT2D eigenvalue weighted by atomic mass is 35.5. The molecule has 0 aromatic heterocycles. The Hall–Kier alpha value is -1.66. The summed E-state index contributed by atoms with van der Waals surface area (Å²) in [6.45, 7) is 0. The molecule has 0 aliphatic carbocycles. The number of hydrogen-bond acceptors (Lipinski definition) is 2. The Bertz CT molecular complexity index is 418. The summed E-state index contributed by atoms with van der Waals surface area (Å²) in [6, 6.07) is 4.54. The van der Waals surface area contributed by atoms with Gasteiger partial charge in [0.2, 0.25) is 0 Å². The number of benzene rings is 1. The zero-order valence-electron chi connectivity index (χ0n) is 7.25. The molecule has 1 aromatic carbocycles. The maximum Gasteiger partial charge on any atom is 0.337 e. The molecule has 0 radical (unpaired) electrons. The zero-order valence-corrected chi connectivity index (χ0v) is 8.01. The second-order valence-corrected chi connectivity index (χ2v) is 2.81. The number of nitrogen functional groups attached to an aromatic ring is 1. The molecule has 1 aromatic rings. The monoisotopic (exact) mass is 209 g/mol. The van der Waals surface area contributed by atoms with Crippen LogP contribution >= 0.6 is 11.6 Å². The Morgan fingerprint density at radius 1 is 1.57 bits per heavy atom. The first-order valence-corrected chi connectivity index (χ1v) is 4.36. The fourth-order valence-corrected chi connectivity index (χ4v) is 1.04. The van der Waals surface area contributed by atoms with Gasteiger partial charge in [0, 0.05) is 11.3 Å². The van der Waals surface area contributed by atoms with E-state index in [1.807, 2.05) is 0 Å². The molecule has 0 heterocycles. The van der Waals surface area contributed by atoms with Crippen LogP contribution < -0.4 is 5.73 Å². The molecule has 14 heavy (non-hydrogen) atoms. The summed E-state index contributed by atoms with van der Waals surface area (Å²) in [5, 5.41) is 8.70. The lowest BCUT2D eigenvalue weighted by Gasteiger charge is -1.99. The van der Waals surface area contributed by atoms with Gasteiger partial charge in [-0.15, -0.1) is 11.6 Å². The smallest absolute Gasteiger partial charge is 0.337 e. The molecule has 3 N–H and O–H groups in total. The summed E-state index contributed by atoms with van der Waals surface area (Å²) >= 11 is 5.37. The minimum Gasteiger partial charge on any atom is -0.478 e. The molecule has 0 amide bonds. The third kappa shape index (κ3) is 2.41. The molecule has 0 saturated carbocycles. The topological polar surface area (TPSA) is 63.3 Å². The minimum atomic E-state index is -1.04. The quantitative estimate of drug-likeness (QED) is 0.419. The van der Waals surface area contributed by atoms with E-state index >= 15 is 0 Å². The largest absolute Gasteiger partial charge is 0.478 e. The lowest BCUT2D eigenvalue weighted by atomic mass is 10.1. The maximum absolute atomic E-state index is 10.6. The summed E-state index contributed by atoms with van der Waals surface area (Å²) in [4.78, 5) is 10.6. The summed E-state index contributed by atoms with van der Waals surface area (Å²) in [6.07, 6.45) is 0. The predicted molar refractivity (Wildman–Crippen MR) is 55.4 cm³/mol. The van der Waals surface area contributed by atoms with Gasteiger partial charge in [-0.3, -0.25) is 0 Å². The van der Waals surface area contributed by atoms with Gasteiger partial charge in [0.25, 0.3) is 0 Å². The molecule has 0 bridgehead atoms. The molecule has 72 valence electrons. The molecule has 0 aliphatic heterocycles. The van der Waals surface area contributed by atoms with Gasteiger partial charge in [-0.25, -0.2) is 4.79 Å². The van der Waals surface area contributed by atoms with E-state index < -0.39 is 5.97 Å². The predicted octanol–water partition coefficient (Wildman–Crippen LogP) is 1.56. The molecule has 0 unspecified atom stereocenters. The van der Waals surface area contributed by atoms with Crippen molar-refractivity contribution in [3.63, 3.8) is 0 Å². The first kappa shape index (κ1) is 10.4. The van der Waals surface area contributed by atoms with Crippen molar-refractivity contribution < 1.29 is 9.90 Å². The molecule has 1 rings (SSSR count). The molecule has 0 fully saturated rings. The SMILES string of the molecule is Nc1cc(C#CCCl)ccc1C(=O)O. The van der Waals surface area contributed by atoms with Crippen molar-refractivity contribution in [3.8, 4) is 11.8 Å². The van der Waals surface area contributed by atoms with Crippen LogP contribution in [0.2, 0.25) is 0 Å². The van der Waals surface area contributed by atoms with Gasteiger partial charge in [0.05, 0.1) is 11.4 Å². The summed E-state index contributed by atoms with van der Waals surface area (Å²) in [5.41, 5.74) is 6.46. The summed E-state index contributed by atoms with van der Waals surface area (Å²) < 4.78 is 0. The Labute approximate surface area is 86.5 Å². The van der Waals surface area contributed by atoms with E-state index in [1.54, 1.807) is 6.07 Å². The number of alkyl halides is 1. The summed E-state index contributed by atoms with van der Waals surface area (Å²) in [5.74, 6) is 4.59. The van der Waals surface area contributed by atoms with E-state index in [9.17, 15) is 4.79 Å². The van der Waals surface area contributed by atoms with Crippen molar-refractivity contribution in [2.45, 2.75) is 0 Å². The van der Waals surface area contributed by atoms with Gasteiger partial charge in [0.1, 0.15) is 0 Å². The number of carboxylic acids is 1. The van der Waals surface area contributed by atoms with Crippen LogP contribution in [0.4, 0.5) is 5.69 Å². The molecule has 3 nitrogen and oxygen atoms in total. The number of anilines is 1. The third-order valence-electron chi connectivity index (χ3n) is 1.58. The highest BCUT2D eigenvalue weighted by molar-refractivity contribution is 6.19. The third-order valence-corrected chi connectivity index (χ3v) is 1.72. The van der Waals surface area contributed by atoms with Gasteiger partial charge in [0.15, 0.2) is 0 Å². The van der Waals surface area contributed by atoms with Crippen LogP contribution in [0.25, 0.3) is 0 Å². The molecule has 0 saturated heterocycles. The van der Waals surface area contributed by atoms with Crippen LogP contribution in [0.1, 0.15) is 15.9 Å². The van der Waals surface area contributed by atoms with Crippen molar-refractivity contribution >= 4 is 23.3 Å². The highest BCUT2D eigenvalue weighted by Crippen LogP contribution is 2.13. The van der Waals surface area contributed by atoms with Crippen LogP contribution in [0.5, 0.6) is 0 Å². The zero-order chi connectivity index (χ0) is 10.6. The number of carboxylic acid groups (broad SMARTS) is 1. The molecule has 4 heteroatoms. The van der Waals surface area contributed by atoms with Crippen LogP contribution in [-0.4, -0.2) is 17.0 Å². The minimum absolute atomic E-state index is 0.0847. The first-order chi connectivity index (χ1) is 6.65. The van der Waals surface area contributed by atoms with Crippen molar-refractivity contribution in [3.05, 3.63) is 29.3 Å². The fourth-order valence-electron chi connectivity index (χ4n) is 0.971. The lowest BCUT2D eigenvalue weighted by molar-refractivity contribution is 0.0698. The van der Waals surface area contributed by atoms with Crippen molar-refractivity contribution in [1.82, 2.24) is 0 Å². The van der Waals surface area contributed by atoms with E-state index in [4.69, 9.17) is 22.4 Å². The van der Waals surface area contributed by atoms with Crippen LogP contribution in [0.3, 0.4) is 0 Å². The normalized spacial score (nSPS) is 8.93. The highest BCUT2D eigenvalue weighted by Gasteiger charge is 2.06. The fraction of sp³-hybridized carbons (Fsp3) is 0.100. The summed E-state index contributed by atoms with van der Waals surface area (Å²) in [7, 11) is 0. The van der Waals surface area contributed by atoms with E-state index in [0.717, 1.165) is 0 Å². The Morgan fingerprint density at radius 2 is 2.29 bits per heavy atom. The Kier molecular flexibility index (Phi) is 3.38. The van der Waals surface area contributed by atoms with E-state index in [2.05, 4.69) is 11.8 Å². The maximum atomic E-state index is 10.6. The van der Waals surface area contributed by atoms with Crippen molar-refractivity contribution in [2.75, 3.05) is 11.6 Å². The number of nitrogens with two attached hydrogens (primary N) is 1. The van der Waals surface area contributed by atoms with Crippen molar-refractivity contribution in [2.24, 2.45) is 0 Å². The molecule has 0 aliphatic rings. The number of carbonyl (C=O) groups is 1. The van der Waals surface area contributed by atoms with Gasteiger partial charge < -0.3 is 10.8 Å². The Morgan fingerprint density at radius 3 is 2.79 bits per heavy atom. The molecule has 0 spiro atoms. The number of hydrogen-bond donors (Lipinski definition) is 2. The van der Waals surface area contributed by atoms with E-state index in [0.29, 0.717) is 5.56 Å². The van der Waals surface area contributed by atoms with Crippen LogP contribution in [0, 0.1) is 11.8 Å². The second kappa shape index (κ2) is 4.54.